The third-order valence-corrected chi connectivity index (χ3v) is 6.67. The molecule has 3 N–H and O–H groups in total. The van der Waals surface area contributed by atoms with E-state index in [9.17, 15) is 8.42 Å². The highest BCUT2D eigenvalue weighted by molar-refractivity contribution is 7.88. The Balaban J connectivity index is 1.78. The molecule has 29 heavy (non-hydrogen) atoms. The summed E-state index contributed by atoms with van der Waals surface area (Å²) < 4.78 is 26.7. The van der Waals surface area contributed by atoms with Gasteiger partial charge in [-0.15, -0.1) is 11.3 Å². The lowest BCUT2D eigenvalue weighted by molar-refractivity contribution is 0.562. The molecule has 0 fully saturated rings. The van der Waals surface area contributed by atoms with Crippen molar-refractivity contribution in [3.05, 3.63) is 57.8 Å². The van der Waals surface area contributed by atoms with Crippen LogP contribution in [0.25, 0.3) is 0 Å². The Morgan fingerprint density at radius 2 is 1.76 bits per heavy atom. The van der Waals surface area contributed by atoms with Crippen LogP contribution in [-0.2, 0) is 28.7 Å². The second kappa shape index (κ2) is 11.3. The monoisotopic (exact) mass is 436 g/mol. The fraction of sp³-hybridized carbons (Fsp3) is 0.476. The molecule has 2 rings (SSSR count). The fourth-order valence-corrected chi connectivity index (χ4v) is 5.20. The third-order valence-electron chi connectivity index (χ3n) is 4.23. The van der Waals surface area contributed by atoms with Gasteiger partial charge in [-0.1, -0.05) is 37.3 Å². The summed E-state index contributed by atoms with van der Waals surface area (Å²) >= 11 is 1.79. The molecular formula is C21H32N4O2S2. The van der Waals surface area contributed by atoms with Gasteiger partial charge in [0, 0.05) is 31.1 Å². The molecule has 0 saturated heterocycles. The van der Waals surface area contributed by atoms with E-state index in [4.69, 9.17) is 0 Å². The van der Waals surface area contributed by atoms with Gasteiger partial charge in [0.2, 0.25) is 10.0 Å². The van der Waals surface area contributed by atoms with E-state index in [1.165, 1.54) is 4.88 Å². The summed E-state index contributed by atoms with van der Waals surface area (Å²) in [5, 5.41) is 8.78. The maximum absolute atomic E-state index is 12.0. The van der Waals surface area contributed by atoms with E-state index in [2.05, 4.69) is 44.8 Å². The Labute approximate surface area is 178 Å². The van der Waals surface area contributed by atoms with E-state index in [-0.39, 0.29) is 11.8 Å². The van der Waals surface area contributed by atoms with E-state index in [0.29, 0.717) is 12.5 Å². The molecule has 0 bridgehead atoms. The highest BCUT2D eigenvalue weighted by Gasteiger charge is 2.13. The fourth-order valence-electron chi connectivity index (χ4n) is 2.90. The summed E-state index contributed by atoms with van der Waals surface area (Å²) in [4.78, 5) is 5.67. The second-order valence-corrected chi connectivity index (χ2v) is 10.3. The highest BCUT2D eigenvalue weighted by atomic mass is 32.2. The summed E-state index contributed by atoms with van der Waals surface area (Å²) in [6, 6.07) is 11.8. The van der Waals surface area contributed by atoms with Crippen molar-refractivity contribution in [2.75, 3.05) is 13.6 Å². The minimum Gasteiger partial charge on any atom is -0.356 e. The average molecular weight is 437 g/mol. The van der Waals surface area contributed by atoms with E-state index < -0.39 is 10.0 Å². The van der Waals surface area contributed by atoms with Crippen LogP contribution >= 0.6 is 11.3 Å². The Bertz CT molecular complexity index is 861. The molecule has 160 valence electrons. The summed E-state index contributed by atoms with van der Waals surface area (Å²) in [6.07, 6.45) is 1.05. The topological polar surface area (TPSA) is 82.6 Å². The minimum atomic E-state index is -3.30. The summed E-state index contributed by atoms with van der Waals surface area (Å²) in [7, 11) is -1.55. The molecule has 0 aliphatic heterocycles. The van der Waals surface area contributed by atoms with Crippen LogP contribution in [0.2, 0.25) is 0 Å². The molecule has 1 aromatic heterocycles. The Kier molecular flexibility index (Phi) is 9.13. The van der Waals surface area contributed by atoms with Crippen LogP contribution in [-0.4, -0.2) is 34.0 Å². The summed E-state index contributed by atoms with van der Waals surface area (Å²) in [5.74, 6) is 1.26. The number of hydrogen-bond acceptors (Lipinski definition) is 4. The molecule has 0 aliphatic rings. The van der Waals surface area contributed by atoms with Crippen molar-refractivity contribution in [1.29, 1.82) is 0 Å². The number of aliphatic imine (C=N–C) groups is 1. The zero-order chi connectivity index (χ0) is 21.3. The summed E-state index contributed by atoms with van der Waals surface area (Å²) in [6.45, 7) is 7.32. The van der Waals surface area contributed by atoms with Gasteiger partial charge >= 0.3 is 0 Å². The number of rotatable bonds is 10. The van der Waals surface area contributed by atoms with Crippen LogP contribution < -0.4 is 15.4 Å². The van der Waals surface area contributed by atoms with Crippen molar-refractivity contribution >= 4 is 27.3 Å². The predicted octanol–water partition coefficient (Wildman–Crippen LogP) is 3.12. The smallest absolute Gasteiger partial charge is 0.216 e. The zero-order valence-corrected chi connectivity index (χ0v) is 19.2. The van der Waals surface area contributed by atoms with Crippen molar-refractivity contribution in [2.24, 2.45) is 10.9 Å². The number of nitrogens with zero attached hydrogens (tertiary/aromatic N) is 1. The summed E-state index contributed by atoms with van der Waals surface area (Å²) in [5.41, 5.74) is 1.84. The van der Waals surface area contributed by atoms with Gasteiger partial charge in [-0.05, 0) is 48.8 Å². The number of sulfonamides is 1. The lowest BCUT2D eigenvalue weighted by atomic mass is 10.1. The largest absolute Gasteiger partial charge is 0.356 e. The maximum atomic E-state index is 12.0. The van der Waals surface area contributed by atoms with E-state index >= 15 is 0 Å². The highest BCUT2D eigenvalue weighted by Crippen LogP contribution is 2.13. The van der Waals surface area contributed by atoms with Crippen LogP contribution in [0.5, 0.6) is 0 Å². The van der Waals surface area contributed by atoms with Crippen molar-refractivity contribution in [2.45, 2.75) is 45.5 Å². The minimum absolute atomic E-state index is 0.00968. The predicted molar refractivity (Wildman–Crippen MR) is 123 cm³/mol. The number of nitrogens with one attached hydrogen (secondary N) is 3. The van der Waals surface area contributed by atoms with Gasteiger partial charge in [0.25, 0.3) is 0 Å². The lowest BCUT2D eigenvalue weighted by Gasteiger charge is -2.16. The van der Waals surface area contributed by atoms with Crippen LogP contribution in [0, 0.1) is 5.92 Å². The molecule has 8 heteroatoms. The second-order valence-electron chi connectivity index (χ2n) is 7.54. The number of guanidine groups is 1. The molecule has 1 heterocycles. The Morgan fingerprint density at radius 3 is 2.34 bits per heavy atom. The number of benzene rings is 1. The molecule has 0 amide bonds. The molecule has 1 atom stereocenters. The Morgan fingerprint density at radius 1 is 1.07 bits per heavy atom. The van der Waals surface area contributed by atoms with Gasteiger partial charge in [0.15, 0.2) is 5.96 Å². The van der Waals surface area contributed by atoms with Crippen LogP contribution in [0.3, 0.4) is 0 Å². The van der Waals surface area contributed by atoms with Crippen molar-refractivity contribution in [3.8, 4) is 0 Å². The molecule has 0 radical (unpaired) electrons. The normalized spacial score (nSPS) is 13.5. The number of thiophene rings is 1. The molecule has 1 aromatic carbocycles. The van der Waals surface area contributed by atoms with Crippen molar-refractivity contribution in [1.82, 2.24) is 15.4 Å². The Hall–Kier alpha value is -1.90. The molecule has 0 aliphatic carbocycles. The third kappa shape index (κ3) is 8.97. The van der Waals surface area contributed by atoms with Gasteiger partial charge in [0.05, 0.1) is 5.75 Å². The van der Waals surface area contributed by atoms with E-state index in [0.717, 1.165) is 30.1 Å². The molecule has 6 nitrogen and oxygen atoms in total. The molecular weight excluding hydrogens is 404 g/mol. The van der Waals surface area contributed by atoms with Crippen molar-refractivity contribution in [3.63, 3.8) is 0 Å². The molecule has 2 aromatic rings. The first-order chi connectivity index (χ1) is 13.8. The SMILES string of the molecule is CN=C(NCc1ccc(CS(=O)(=O)NC(C)C)cc1)NCC(C)Cc1cccs1. The first-order valence-electron chi connectivity index (χ1n) is 9.82. The van der Waals surface area contributed by atoms with Crippen LogP contribution in [0.4, 0.5) is 0 Å². The van der Waals surface area contributed by atoms with Gasteiger partial charge in [0.1, 0.15) is 0 Å². The van der Waals surface area contributed by atoms with Gasteiger partial charge in [-0.2, -0.15) is 0 Å². The van der Waals surface area contributed by atoms with Crippen molar-refractivity contribution < 1.29 is 8.42 Å². The van der Waals surface area contributed by atoms with Crippen LogP contribution in [0.1, 0.15) is 36.8 Å². The standard InChI is InChI=1S/C21H32N4O2S2/c1-16(2)25-29(26,27)15-19-9-7-18(8-10-19)14-24-21(22-4)23-13-17(3)12-20-6-5-11-28-20/h5-11,16-17,25H,12-15H2,1-4H3,(H2,22,23,24). The zero-order valence-electron chi connectivity index (χ0n) is 17.6. The van der Waals surface area contributed by atoms with E-state index in [1.807, 2.05) is 38.1 Å². The van der Waals surface area contributed by atoms with Gasteiger partial charge in [-0.25, -0.2) is 13.1 Å². The van der Waals surface area contributed by atoms with E-state index in [1.54, 1.807) is 18.4 Å². The lowest BCUT2D eigenvalue weighted by Crippen LogP contribution is -2.39. The van der Waals surface area contributed by atoms with Gasteiger partial charge < -0.3 is 10.6 Å². The average Bonchev–Trinajstić information content (AvgIpc) is 3.14. The maximum Gasteiger partial charge on any atom is 0.216 e. The molecule has 1 unspecified atom stereocenters. The number of hydrogen-bond donors (Lipinski definition) is 3. The molecule has 0 saturated carbocycles. The van der Waals surface area contributed by atoms with Crippen LogP contribution in [0.15, 0.2) is 46.8 Å². The molecule has 0 spiro atoms. The quantitative estimate of drug-likeness (QED) is 0.395. The first-order valence-corrected chi connectivity index (χ1v) is 12.4. The first kappa shape index (κ1) is 23.4. The van der Waals surface area contributed by atoms with Gasteiger partial charge in [-0.3, -0.25) is 4.99 Å².